The predicted molar refractivity (Wildman–Crippen MR) is 114 cm³/mol. The number of nitrogens with one attached hydrogen (secondary N) is 1. The normalized spacial score (nSPS) is 10.7. The van der Waals surface area contributed by atoms with E-state index in [-0.39, 0.29) is 15.7 Å². The van der Waals surface area contributed by atoms with Crippen LogP contribution in [0.4, 0.5) is 5.69 Å². The third-order valence-electron chi connectivity index (χ3n) is 3.92. The Morgan fingerprint density at radius 1 is 1.03 bits per heavy atom. The highest BCUT2D eigenvalue weighted by Crippen LogP contribution is 2.33. The fourth-order valence-electron chi connectivity index (χ4n) is 2.56. The minimum Gasteiger partial charge on any atom is -0.482 e. The fourth-order valence-corrected chi connectivity index (χ4v) is 3.47. The lowest BCUT2D eigenvalue weighted by atomic mass is 10.1. The Hall–Kier alpha value is -2.74. The molecule has 0 aliphatic rings. The average Bonchev–Trinajstić information content (AvgIpc) is 2.67. The van der Waals surface area contributed by atoms with Crippen molar-refractivity contribution in [1.29, 1.82) is 0 Å². The molecule has 1 N–H and O–H groups in total. The summed E-state index contributed by atoms with van der Waals surface area (Å²) in [4.78, 5) is 35.3. The van der Waals surface area contributed by atoms with Gasteiger partial charge in [-0.25, -0.2) is 9.59 Å². The second-order valence-electron chi connectivity index (χ2n) is 6.15. The molecule has 0 aliphatic carbocycles. The molecule has 0 radical (unpaired) electrons. The van der Waals surface area contributed by atoms with Crippen molar-refractivity contribution in [2.45, 2.75) is 6.92 Å². The lowest BCUT2D eigenvalue weighted by molar-refractivity contribution is -0.149. The molecule has 2 aromatic carbocycles. The molecule has 1 heterocycles. The molecule has 0 atom stereocenters. The van der Waals surface area contributed by atoms with Crippen LogP contribution in [0, 0.1) is 6.92 Å². The minimum absolute atomic E-state index is 0.147. The zero-order valence-electron chi connectivity index (χ0n) is 15.5. The van der Waals surface area contributed by atoms with Crippen molar-refractivity contribution >= 4 is 63.3 Å². The van der Waals surface area contributed by atoms with Gasteiger partial charge in [0.25, 0.3) is 5.91 Å². The Bertz CT molecular complexity index is 1170. The first-order valence-electron chi connectivity index (χ1n) is 8.50. The minimum atomic E-state index is -0.774. The van der Waals surface area contributed by atoms with Gasteiger partial charge in [-0.15, -0.1) is 0 Å². The Morgan fingerprint density at radius 3 is 2.43 bits per heavy atom. The van der Waals surface area contributed by atoms with E-state index in [9.17, 15) is 14.4 Å². The van der Waals surface area contributed by atoms with Gasteiger partial charge in [-0.3, -0.25) is 4.79 Å². The molecule has 0 unspecified atom stereocenters. The van der Waals surface area contributed by atoms with E-state index >= 15 is 0 Å². The van der Waals surface area contributed by atoms with Crippen molar-refractivity contribution in [3.8, 4) is 5.75 Å². The number of amides is 1. The van der Waals surface area contributed by atoms with Crippen molar-refractivity contribution < 1.29 is 23.5 Å². The molecule has 0 aliphatic heterocycles. The SMILES string of the molecule is Cc1cc(=O)oc2cc(OCC(=O)OCC(=O)Nc3c(Cl)cc(Cl)cc3Cl)ccc12. The van der Waals surface area contributed by atoms with Crippen molar-refractivity contribution in [3.05, 3.63) is 67.4 Å². The van der Waals surface area contributed by atoms with Crippen molar-refractivity contribution in [2.75, 3.05) is 18.5 Å². The number of esters is 1. The summed E-state index contributed by atoms with van der Waals surface area (Å²) in [6.45, 7) is 0.771. The van der Waals surface area contributed by atoms with E-state index in [4.69, 9.17) is 48.7 Å². The molecular formula is C20H14Cl3NO6. The molecular weight excluding hydrogens is 457 g/mol. The summed E-state index contributed by atoms with van der Waals surface area (Å²) >= 11 is 17.8. The van der Waals surface area contributed by atoms with Crippen LogP contribution < -0.4 is 15.7 Å². The Kier molecular flexibility index (Phi) is 6.87. The van der Waals surface area contributed by atoms with Gasteiger partial charge in [-0.2, -0.15) is 0 Å². The van der Waals surface area contributed by atoms with E-state index in [0.29, 0.717) is 16.4 Å². The molecule has 0 saturated heterocycles. The second kappa shape index (κ2) is 9.38. The monoisotopic (exact) mass is 469 g/mol. The third kappa shape index (κ3) is 5.44. The van der Waals surface area contributed by atoms with Crippen LogP contribution in [0.15, 0.2) is 45.6 Å². The van der Waals surface area contributed by atoms with Crippen LogP contribution in [0.5, 0.6) is 5.75 Å². The highest BCUT2D eigenvalue weighted by atomic mass is 35.5. The van der Waals surface area contributed by atoms with Gasteiger partial charge < -0.3 is 19.2 Å². The zero-order valence-corrected chi connectivity index (χ0v) is 17.7. The highest BCUT2D eigenvalue weighted by Gasteiger charge is 2.14. The van der Waals surface area contributed by atoms with Crippen molar-refractivity contribution in [1.82, 2.24) is 0 Å². The fraction of sp³-hybridized carbons (Fsp3) is 0.150. The van der Waals surface area contributed by atoms with Gasteiger partial charge >= 0.3 is 11.6 Å². The summed E-state index contributed by atoms with van der Waals surface area (Å²) in [5.74, 6) is -1.11. The maximum absolute atomic E-state index is 12.0. The lowest BCUT2D eigenvalue weighted by Gasteiger charge is -2.11. The van der Waals surface area contributed by atoms with Crippen LogP contribution in [-0.4, -0.2) is 25.1 Å². The number of rotatable bonds is 6. The molecule has 0 saturated carbocycles. The molecule has 156 valence electrons. The van der Waals surface area contributed by atoms with E-state index in [2.05, 4.69) is 5.32 Å². The largest absolute Gasteiger partial charge is 0.482 e. The van der Waals surface area contributed by atoms with Gasteiger partial charge in [0, 0.05) is 22.5 Å². The number of ether oxygens (including phenoxy) is 2. The number of hydrogen-bond donors (Lipinski definition) is 1. The summed E-state index contributed by atoms with van der Waals surface area (Å²) < 4.78 is 15.3. The van der Waals surface area contributed by atoms with Crippen LogP contribution in [0.25, 0.3) is 11.0 Å². The molecule has 10 heteroatoms. The quantitative estimate of drug-likeness (QED) is 0.417. The van der Waals surface area contributed by atoms with Gasteiger partial charge in [-0.05, 0) is 36.8 Å². The molecule has 30 heavy (non-hydrogen) atoms. The van der Waals surface area contributed by atoms with E-state index in [0.717, 1.165) is 10.9 Å². The Morgan fingerprint density at radius 2 is 1.73 bits per heavy atom. The van der Waals surface area contributed by atoms with Gasteiger partial charge in [0.2, 0.25) is 0 Å². The Labute approximate surface area is 185 Å². The highest BCUT2D eigenvalue weighted by molar-refractivity contribution is 6.42. The molecule has 0 bridgehead atoms. The van der Waals surface area contributed by atoms with E-state index < -0.39 is 30.7 Å². The van der Waals surface area contributed by atoms with E-state index in [1.807, 2.05) is 0 Å². The molecule has 1 aromatic heterocycles. The number of hydrogen-bond acceptors (Lipinski definition) is 6. The summed E-state index contributed by atoms with van der Waals surface area (Å²) in [5.41, 5.74) is 0.775. The second-order valence-corrected chi connectivity index (χ2v) is 7.40. The molecule has 1 amide bonds. The first kappa shape index (κ1) is 22.0. The molecule has 0 fully saturated rings. The van der Waals surface area contributed by atoms with E-state index in [1.54, 1.807) is 19.1 Å². The standard InChI is InChI=1S/C20H14Cl3NO6/c1-10-4-18(26)30-16-7-12(2-3-13(10)16)28-9-19(27)29-8-17(25)24-20-14(22)5-11(21)6-15(20)23/h2-7H,8-9H2,1H3,(H,24,25). The topological polar surface area (TPSA) is 94.8 Å². The maximum Gasteiger partial charge on any atom is 0.344 e. The van der Waals surface area contributed by atoms with Crippen molar-refractivity contribution in [2.24, 2.45) is 0 Å². The number of anilines is 1. The van der Waals surface area contributed by atoms with Gasteiger partial charge in [-0.1, -0.05) is 34.8 Å². The number of halogens is 3. The average molecular weight is 471 g/mol. The zero-order chi connectivity index (χ0) is 21.8. The van der Waals surface area contributed by atoms with Crippen molar-refractivity contribution in [3.63, 3.8) is 0 Å². The number of carbonyl (C=O) groups excluding carboxylic acids is 2. The lowest BCUT2D eigenvalue weighted by Crippen LogP contribution is -2.24. The molecule has 0 spiro atoms. The first-order valence-corrected chi connectivity index (χ1v) is 9.63. The van der Waals surface area contributed by atoms with Crippen LogP contribution in [0.1, 0.15) is 5.56 Å². The van der Waals surface area contributed by atoms with Gasteiger partial charge in [0.15, 0.2) is 13.2 Å². The number of fused-ring (bicyclic) bond motifs is 1. The summed E-state index contributed by atoms with van der Waals surface area (Å²) in [5, 5.41) is 3.80. The van der Waals surface area contributed by atoms with Crippen LogP contribution in [0.2, 0.25) is 15.1 Å². The summed E-state index contributed by atoms with van der Waals surface area (Å²) in [6, 6.07) is 9.04. The summed E-state index contributed by atoms with van der Waals surface area (Å²) in [7, 11) is 0. The third-order valence-corrected chi connectivity index (χ3v) is 4.73. The predicted octanol–water partition coefficient (Wildman–Crippen LogP) is 4.62. The number of benzene rings is 2. The van der Waals surface area contributed by atoms with E-state index in [1.165, 1.54) is 24.3 Å². The van der Waals surface area contributed by atoms with Gasteiger partial charge in [0.05, 0.1) is 15.7 Å². The summed E-state index contributed by atoms with van der Waals surface area (Å²) in [6.07, 6.45) is 0. The van der Waals surface area contributed by atoms with Crippen LogP contribution in [0.3, 0.4) is 0 Å². The number of aryl methyl sites for hydroxylation is 1. The van der Waals surface area contributed by atoms with Crippen LogP contribution >= 0.6 is 34.8 Å². The number of carbonyl (C=O) groups is 2. The molecule has 3 rings (SSSR count). The Balaban J connectivity index is 1.53. The molecule has 3 aromatic rings. The molecule has 7 nitrogen and oxygen atoms in total. The maximum atomic E-state index is 12.0. The van der Waals surface area contributed by atoms with Crippen LogP contribution in [-0.2, 0) is 14.3 Å². The first-order chi connectivity index (χ1) is 14.2. The van der Waals surface area contributed by atoms with Gasteiger partial charge in [0.1, 0.15) is 11.3 Å². The smallest absolute Gasteiger partial charge is 0.344 e.